The Hall–Kier alpha value is 0.220. The van der Waals surface area contributed by atoms with Crippen LogP contribution in [-0.4, -0.2) is 0 Å². The molecule has 0 nitrogen and oxygen atoms in total. The topological polar surface area (TPSA) is 0 Å². The summed E-state index contributed by atoms with van der Waals surface area (Å²) in [5, 5.41) is 0. The molecule has 0 aliphatic heterocycles. The van der Waals surface area contributed by atoms with Gasteiger partial charge in [0.1, 0.15) is 0 Å². The average molecular weight is 134 g/mol. The highest BCUT2D eigenvalue weighted by atomic mass is 79.9. The molecule has 0 aromatic rings. The van der Waals surface area contributed by atoms with Gasteiger partial charge in [0.2, 0.25) is 0 Å². The molecule has 0 aliphatic rings. The average Bonchev–Trinajstić information content (AvgIpc) is 1.38. The molecule has 1 heteroatoms. The van der Waals surface area contributed by atoms with Gasteiger partial charge in [0, 0.05) is 0 Å². The second-order valence-electron chi connectivity index (χ2n) is 0.955. The van der Waals surface area contributed by atoms with Gasteiger partial charge in [-0.1, -0.05) is 21.5 Å². The fourth-order valence-electron chi connectivity index (χ4n) is 0. The van der Waals surface area contributed by atoms with Gasteiger partial charge in [-0.05, 0) is 18.8 Å². The quantitative estimate of drug-likeness (QED) is 0.476. The minimum Gasteiger partial charge on any atom is -0.0661 e. The van der Waals surface area contributed by atoms with Gasteiger partial charge in [-0.15, -0.1) is 0 Å². The van der Waals surface area contributed by atoms with Crippen molar-refractivity contribution in [1.82, 2.24) is 0 Å². The van der Waals surface area contributed by atoms with E-state index in [0.29, 0.717) is 0 Å². The Labute approximate surface area is 41.0 Å². The molecule has 0 amide bonds. The molecule has 0 N–H and O–H groups in total. The van der Waals surface area contributed by atoms with Crippen LogP contribution in [0.15, 0.2) is 10.6 Å². The van der Waals surface area contributed by atoms with Gasteiger partial charge in [-0.3, -0.25) is 0 Å². The first-order valence-electron chi connectivity index (χ1n) is 1.36. The lowest BCUT2D eigenvalue weighted by Crippen LogP contribution is -1.50. The number of hydrogen-bond donors (Lipinski definition) is 0. The predicted molar refractivity (Wildman–Crippen MR) is 28.0 cm³/mol. The smallest absolute Gasteiger partial charge is 0.0200 e. The highest BCUT2D eigenvalue weighted by molar-refractivity contribution is 9.11. The van der Waals surface area contributed by atoms with E-state index in [1.54, 1.807) is 4.99 Å². The van der Waals surface area contributed by atoms with Crippen LogP contribution in [0.25, 0.3) is 0 Å². The Morgan fingerprint density at radius 2 is 2.20 bits per heavy atom. The summed E-state index contributed by atoms with van der Waals surface area (Å²) in [5.74, 6) is 0. The standard InChI is InChI=1S/C4H6Br/c1-4(2)3-5/h3H,1H2,2H3/b4-3-. The molecule has 0 saturated heterocycles. The lowest BCUT2D eigenvalue weighted by atomic mass is 10.4. The van der Waals surface area contributed by atoms with Crippen molar-refractivity contribution in [3.05, 3.63) is 17.5 Å². The Morgan fingerprint density at radius 3 is 2.20 bits per heavy atom. The van der Waals surface area contributed by atoms with E-state index in [2.05, 4.69) is 22.9 Å². The van der Waals surface area contributed by atoms with Gasteiger partial charge in [0.25, 0.3) is 0 Å². The van der Waals surface area contributed by atoms with E-state index in [1.165, 1.54) is 0 Å². The second kappa shape index (κ2) is 2.46. The van der Waals surface area contributed by atoms with E-state index < -0.39 is 0 Å². The zero-order valence-electron chi connectivity index (χ0n) is 3.16. The number of allylic oxidation sites excluding steroid dienone is 1. The maximum Gasteiger partial charge on any atom is -0.0200 e. The number of halogens is 1. The molecular formula is C4H6Br. The zero-order chi connectivity index (χ0) is 4.28. The molecule has 29 valence electrons. The van der Waals surface area contributed by atoms with Crippen LogP contribution < -0.4 is 0 Å². The number of hydrogen-bond acceptors (Lipinski definition) is 0. The third kappa shape index (κ3) is 4.22. The van der Waals surface area contributed by atoms with E-state index in [9.17, 15) is 0 Å². The zero-order valence-corrected chi connectivity index (χ0v) is 4.75. The fraction of sp³-hybridized carbons (Fsp3) is 0.250. The van der Waals surface area contributed by atoms with E-state index in [0.717, 1.165) is 5.57 Å². The van der Waals surface area contributed by atoms with Crippen molar-refractivity contribution in [2.75, 3.05) is 0 Å². The Morgan fingerprint density at radius 1 is 2.00 bits per heavy atom. The lowest BCUT2D eigenvalue weighted by Gasteiger charge is -1.71. The van der Waals surface area contributed by atoms with Crippen LogP contribution in [0.4, 0.5) is 0 Å². The molecule has 0 spiro atoms. The summed E-state index contributed by atoms with van der Waals surface area (Å²) in [6, 6.07) is 0. The molecule has 0 saturated carbocycles. The van der Waals surface area contributed by atoms with Crippen LogP contribution in [0.1, 0.15) is 6.92 Å². The molecule has 1 radical (unpaired) electrons. The maximum atomic E-state index is 3.57. The van der Waals surface area contributed by atoms with Crippen molar-refractivity contribution in [1.29, 1.82) is 0 Å². The molecule has 0 fully saturated rings. The molecule has 0 atom stereocenters. The van der Waals surface area contributed by atoms with Crippen LogP contribution >= 0.6 is 15.9 Å². The van der Waals surface area contributed by atoms with Crippen LogP contribution in [-0.2, 0) is 0 Å². The summed E-state index contributed by atoms with van der Waals surface area (Å²) >= 11 is 3.09. The Balaban J connectivity index is 3.14. The van der Waals surface area contributed by atoms with Gasteiger partial charge in [0.05, 0.1) is 0 Å². The summed E-state index contributed by atoms with van der Waals surface area (Å²) in [6.07, 6.45) is 0. The highest BCUT2D eigenvalue weighted by Crippen LogP contribution is 1.90. The fourth-order valence-corrected chi connectivity index (χ4v) is 0. The van der Waals surface area contributed by atoms with Crippen molar-refractivity contribution in [2.24, 2.45) is 0 Å². The van der Waals surface area contributed by atoms with E-state index in [1.807, 2.05) is 6.92 Å². The van der Waals surface area contributed by atoms with Crippen molar-refractivity contribution in [3.8, 4) is 0 Å². The van der Waals surface area contributed by atoms with Crippen molar-refractivity contribution in [2.45, 2.75) is 6.92 Å². The Kier molecular flexibility index (Phi) is 2.57. The molecule has 0 bridgehead atoms. The largest absolute Gasteiger partial charge is 0.0661 e. The summed E-state index contributed by atoms with van der Waals surface area (Å²) in [4.78, 5) is 1.78. The number of rotatable bonds is 0. The molecule has 5 heavy (non-hydrogen) atoms. The predicted octanol–water partition coefficient (Wildman–Crippen LogP) is 2.12. The van der Waals surface area contributed by atoms with E-state index in [-0.39, 0.29) is 0 Å². The van der Waals surface area contributed by atoms with E-state index in [4.69, 9.17) is 0 Å². The molecule has 0 aromatic heterocycles. The highest BCUT2D eigenvalue weighted by Gasteiger charge is 1.62. The van der Waals surface area contributed by atoms with Crippen LogP contribution in [0, 0.1) is 6.92 Å². The van der Waals surface area contributed by atoms with Crippen molar-refractivity contribution < 1.29 is 0 Å². The summed E-state index contributed by atoms with van der Waals surface area (Å²) in [5.41, 5.74) is 1.05. The first-order valence-corrected chi connectivity index (χ1v) is 2.28. The molecular weight excluding hydrogens is 128 g/mol. The SMILES string of the molecule is [CH2]/C(C)=C/Br. The van der Waals surface area contributed by atoms with E-state index >= 15 is 0 Å². The monoisotopic (exact) mass is 133 g/mol. The normalized spacial score (nSPS) is 12.2. The van der Waals surface area contributed by atoms with Gasteiger partial charge >= 0.3 is 0 Å². The molecule has 0 heterocycles. The minimum absolute atomic E-state index is 1.05. The van der Waals surface area contributed by atoms with Crippen molar-refractivity contribution >= 4 is 15.9 Å². The van der Waals surface area contributed by atoms with Crippen LogP contribution in [0.2, 0.25) is 0 Å². The van der Waals surface area contributed by atoms with Crippen LogP contribution in [0.3, 0.4) is 0 Å². The first-order chi connectivity index (χ1) is 2.27. The third-order valence-corrected chi connectivity index (χ3v) is 0.968. The van der Waals surface area contributed by atoms with Gasteiger partial charge in [0.15, 0.2) is 0 Å². The van der Waals surface area contributed by atoms with Gasteiger partial charge in [-0.25, -0.2) is 0 Å². The second-order valence-corrected chi connectivity index (χ2v) is 1.41. The Bertz CT molecular complexity index is 41.6. The minimum atomic E-state index is 1.05. The maximum absolute atomic E-state index is 3.57. The summed E-state index contributed by atoms with van der Waals surface area (Å²) in [7, 11) is 0. The molecule has 0 unspecified atom stereocenters. The molecule has 0 aliphatic carbocycles. The van der Waals surface area contributed by atoms with Gasteiger partial charge in [-0.2, -0.15) is 0 Å². The first kappa shape index (κ1) is 5.22. The third-order valence-electron chi connectivity index (χ3n) is 0.186. The lowest BCUT2D eigenvalue weighted by molar-refractivity contribution is 1.57. The van der Waals surface area contributed by atoms with Crippen LogP contribution in [0.5, 0.6) is 0 Å². The summed E-state index contributed by atoms with van der Waals surface area (Å²) < 4.78 is 0. The van der Waals surface area contributed by atoms with Gasteiger partial charge < -0.3 is 0 Å². The summed E-state index contributed by atoms with van der Waals surface area (Å²) in [6.45, 7) is 5.50. The molecule has 0 aromatic carbocycles. The van der Waals surface area contributed by atoms with Crippen molar-refractivity contribution in [3.63, 3.8) is 0 Å². The molecule has 0 rings (SSSR count).